The van der Waals surface area contributed by atoms with Crippen LogP contribution in [-0.2, 0) is 11.8 Å². The molecule has 4 heterocycles. The van der Waals surface area contributed by atoms with E-state index in [9.17, 15) is 14.4 Å². The summed E-state index contributed by atoms with van der Waals surface area (Å²) >= 11 is 6.55. The summed E-state index contributed by atoms with van der Waals surface area (Å²) in [5.41, 5.74) is 1.62. The number of pyridine rings is 1. The molecule has 1 saturated heterocycles. The molecule has 3 aromatic heterocycles. The van der Waals surface area contributed by atoms with E-state index in [0.717, 1.165) is 19.4 Å². The molecular weight excluding hydrogens is 716 g/mol. The van der Waals surface area contributed by atoms with Crippen molar-refractivity contribution in [3.8, 4) is 28.2 Å². The molecule has 5 aromatic rings. The van der Waals surface area contributed by atoms with Crippen molar-refractivity contribution >= 4 is 35.0 Å². The topological polar surface area (TPSA) is 121 Å². The van der Waals surface area contributed by atoms with Crippen molar-refractivity contribution in [2.24, 2.45) is 13.0 Å². The third kappa shape index (κ3) is 7.90. The summed E-state index contributed by atoms with van der Waals surface area (Å²) in [7, 11) is 5.50. The largest absolute Gasteiger partial charge is 0.339 e. The Morgan fingerprint density at radius 3 is 2.31 bits per heavy atom. The van der Waals surface area contributed by atoms with Crippen LogP contribution in [0.1, 0.15) is 46.4 Å². The third-order valence-corrected chi connectivity index (χ3v) is 10.0. The van der Waals surface area contributed by atoms with Gasteiger partial charge in [-0.3, -0.25) is 14.4 Å². The molecule has 1 fully saturated rings. The van der Waals surface area contributed by atoms with Crippen LogP contribution in [0.3, 0.4) is 0 Å². The maximum Gasteiger partial charge on any atom is 0.291 e. The van der Waals surface area contributed by atoms with E-state index in [-0.39, 0.29) is 51.0 Å². The SMILES string of the molecule is CCC(CCN(C)C)C(=O)N1CCN(C(=O)c2ccc(NC(=O)c3ncc(-c4ccc(-c5cn(-c6ccccn6)nc5C)c(F)c4F)n3C)cc2Cl)CC1. The molecule has 54 heavy (non-hydrogen) atoms. The summed E-state index contributed by atoms with van der Waals surface area (Å²) in [5.74, 6) is -2.50. The molecule has 0 radical (unpaired) electrons. The molecule has 1 atom stereocenters. The van der Waals surface area contributed by atoms with Gasteiger partial charge in [0.2, 0.25) is 5.91 Å². The van der Waals surface area contributed by atoms with Crippen molar-refractivity contribution in [2.45, 2.75) is 26.7 Å². The van der Waals surface area contributed by atoms with Crippen molar-refractivity contribution in [3.05, 3.63) is 101 Å². The number of carbonyl (C=O) groups excluding carboxylic acids is 3. The lowest BCUT2D eigenvalue weighted by atomic mass is 10.00. The number of imidazole rings is 1. The van der Waals surface area contributed by atoms with Gasteiger partial charge >= 0.3 is 0 Å². The molecule has 12 nitrogen and oxygen atoms in total. The Balaban J connectivity index is 1.11. The number of piperazine rings is 1. The number of hydrogen-bond donors (Lipinski definition) is 1. The first-order chi connectivity index (χ1) is 25.9. The fraction of sp³-hybridized carbons (Fsp3) is 0.333. The van der Waals surface area contributed by atoms with Crippen molar-refractivity contribution in [2.75, 3.05) is 52.1 Å². The molecule has 0 aliphatic carbocycles. The van der Waals surface area contributed by atoms with Crippen molar-refractivity contribution in [1.29, 1.82) is 0 Å². The quantitative estimate of drug-likeness (QED) is 0.173. The number of carbonyl (C=O) groups is 3. The molecule has 282 valence electrons. The van der Waals surface area contributed by atoms with Gasteiger partial charge in [-0.05, 0) is 76.8 Å². The summed E-state index contributed by atoms with van der Waals surface area (Å²) in [6.45, 7) is 6.21. The third-order valence-electron chi connectivity index (χ3n) is 9.73. The molecule has 2 aromatic carbocycles. The van der Waals surface area contributed by atoms with Gasteiger partial charge in [0, 0.05) is 73.9 Å². The summed E-state index contributed by atoms with van der Waals surface area (Å²) in [4.78, 5) is 53.8. The van der Waals surface area contributed by atoms with Gasteiger partial charge in [-0.25, -0.2) is 23.4 Å². The molecule has 15 heteroatoms. The van der Waals surface area contributed by atoms with Gasteiger partial charge < -0.3 is 24.6 Å². The molecule has 6 rings (SSSR count). The first-order valence-corrected chi connectivity index (χ1v) is 18.1. The van der Waals surface area contributed by atoms with Crippen LogP contribution in [0.4, 0.5) is 14.5 Å². The lowest BCUT2D eigenvalue weighted by Crippen LogP contribution is -2.52. The van der Waals surface area contributed by atoms with E-state index in [1.54, 1.807) is 48.5 Å². The first kappa shape index (κ1) is 38.3. The van der Waals surface area contributed by atoms with Gasteiger partial charge in [0.15, 0.2) is 23.3 Å². The highest BCUT2D eigenvalue weighted by atomic mass is 35.5. The predicted molar refractivity (Wildman–Crippen MR) is 202 cm³/mol. The second-order valence-corrected chi connectivity index (χ2v) is 13.9. The molecule has 1 aliphatic heterocycles. The first-order valence-electron chi connectivity index (χ1n) is 17.7. The fourth-order valence-electron chi connectivity index (χ4n) is 6.59. The van der Waals surface area contributed by atoms with Gasteiger partial charge in [0.25, 0.3) is 11.8 Å². The molecular formula is C39H42ClF2N9O3. The zero-order chi connectivity index (χ0) is 38.7. The average Bonchev–Trinajstić information content (AvgIpc) is 3.75. The molecule has 3 amide bonds. The number of nitrogens with one attached hydrogen (secondary N) is 1. The van der Waals surface area contributed by atoms with Crippen molar-refractivity contribution < 1.29 is 23.2 Å². The maximum absolute atomic E-state index is 15.6. The second kappa shape index (κ2) is 16.3. The Labute approximate surface area is 317 Å². The van der Waals surface area contributed by atoms with Crippen molar-refractivity contribution in [3.63, 3.8) is 0 Å². The van der Waals surface area contributed by atoms with Crippen LogP contribution in [0.2, 0.25) is 5.02 Å². The Morgan fingerprint density at radius 2 is 1.65 bits per heavy atom. The molecule has 1 aliphatic rings. The van der Waals surface area contributed by atoms with Crippen LogP contribution >= 0.6 is 11.6 Å². The lowest BCUT2D eigenvalue weighted by molar-refractivity contribution is -0.137. The van der Waals surface area contributed by atoms with E-state index >= 15 is 8.78 Å². The van der Waals surface area contributed by atoms with Gasteiger partial charge in [0.05, 0.1) is 28.2 Å². The molecule has 0 spiro atoms. The highest BCUT2D eigenvalue weighted by Gasteiger charge is 2.30. The smallest absolute Gasteiger partial charge is 0.291 e. The van der Waals surface area contributed by atoms with E-state index in [1.165, 1.54) is 46.8 Å². The lowest BCUT2D eigenvalue weighted by Gasteiger charge is -2.36. The number of aryl methyl sites for hydroxylation is 1. The van der Waals surface area contributed by atoms with E-state index in [1.807, 2.05) is 25.9 Å². The molecule has 1 N–H and O–H groups in total. The van der Waals surface area contributed by atoms with Crippen molar-refractivity contribution in [1.82, 2.24) is 39.0 Å². The van der Waals surface area contributed by atoms with Crippen LogP contribution in [0.25, 0.3) is 28.2 Å². The number of halogens is 3. The Bertz CT molecular complexity index is 2180. The minimum Gasteiger partial charge on any atom is -0.339 e. The number of rotatable bonds is 11. The number of aromatic nitrogens is 5. The van der Waals surface area contributed by atoms with Crippen LogP contribution in [-0.4, -0.2) is 104 Å². The normalized spacial score (nSPS) is 13.7. The summed E-state index contributed by atoms with van der Waals surface area (Å²) in [5, 5.41) is 7.27. The highest BCUT2D eigenvalue weighted by Crippen LogP contribution is 2.33. The Kier molecular flexibility index (Phi) is 11.5. The number of benzene rings is 2. The van der Waals surface area contributed by atoms with E-state index in [4.69, 9.17) is 11.6 Å². The number of nitrogens with zero attached hydrogens (tertiary/aromatic N) is 8. The van der Waals surface area contributed by atoms with Crippen LogP contribution < -0.4 is 5.32 Å². The highest BCUT2D eigenvalue weighted by molar-refractivity contribution is 6.34. The zero-order valence-electron chi connectivity index (χ0n) is 30.8. The minimum absolute atomic E-state index is 0.0310. The van der Waals surface area contributed by atoms with Gasteiger partial charge in [0.1, 0.15) is 0 Å². The van der Waals surface area contributed by atoms with E-state index in [2.05, 4.69) is 25.3 Å². The Hall–Kier alpha value is -5.47. The van der Waals surface area contributed by atoms with Gasteiger partial charge in [-0.2, -0.15) is 5.10 Å². The number of hydrogen-bond acceptors (Lipinski definition) is 7. The fourth-order valence-corrected chi connectivity index (χ4v) is 6.85. The van der Waals surface area contributed by atoms with Gasteiger partial charge in [-0.15, -0.1) is 0 Å². The van der Waals surface area contributed by atoms with Crippen LogP contribution in [0, 0.1) is 24.5 Å². The van der Waals surface area contributed by atoms with E-state index in [0.29, 0.717) is 48.9 Å². The number of anilines is 1. The molecule has 1 unspecified atom stereocenters. The van der Waals surface area contributed by atoms with Crippen LogP contribution in [0.5, 0.6) is 0 Å². The maximum atomic E-state index is 15.6. The molecule has 0 saturated carbocycles. The Morgan fingerprint density at radius 1 is 0.944 bits per heavy atom. The monoisotopic (exact) mass is 757 g/mol. The predicted octanol–water partition coefficient (Wildman–Crippen LogP) is 6.09. The molecule has 0 bridgehead atoms. The summed E-state index contributed by atoms with van der Waals surface area (Å²) in [6.07, 6.45) is 6.06. The standard InChI is InChI=1S/C39H42ClF2N9O3/c1-6-25(14-16-47(3)4)38(53)49-17-19-50(20-18-49)39(54)28-11-10-26(21-31(28)40)45-37(52)36-44-22-32(48(36)5)29-13-12-27(34(41)35(29)42)30-23-51(46-24(30)2)33-9-7-8-15-43-33/h7-13,15,21-23,25H,6,14,16-20H2,1-5H3,(H,45,52). The van der Waals surface area contributed by atoms with Crippen LogP contribution in [0.15, 0.2) is 67.1 Å². The summed E-state index contributed by atoms with van der Waals surface area (Å²) in [6, 6.07) is 12.8. The van der Waals surface area contributed by atoms with Gasteiger partial charge in [-0.1, -0.05) is 30.7 Å². The summed E-state index contributed by atoms with van der Waals surface area (Å²) < 4.78 is 34.1. The minimum atomic E-state index is -1.10. The second-order valence-electron chi connectivity index (χ2n) is 13.5. The van der Waals surface area contributed by atoms with E-state index < -0.39 is 17.5 Å². The zero-order valence-corrected chi connectivity index (χ0v) is 31.6. The average molecular weight is 758 g/mol. The number of amides is 3.